The van der Waals surface area contributed by atoms with Crippen LogP contribution in [0.1, 0.15) is 11.7 Å². The monoisotopic (exact) mass is 347 g/mol. The van der Waals surface area contributed by atoms with Crippen molar-refractivity contribution in [3.8, 4) is 0 Å². The van der Waals surface area contributed by atoms with Gasteiger partial charge in [-0.2, -0.15) is 0 Å². The molecule has 13 heteroatoms. The van der Waals surface area contributed by atoms with Crippen molar-refractivity contribution in [3.05, 3.63) is 38.2 Å². The van der Waals surface area contributed by atoms with E-state index in [4.69, 9.17) is 21.5 Å². The molecule has 24 heavy (non-hydrogen) atoms. The number of rotatable bonds is 3. The molecule has 1 saturated carbocycles. The summed E-state index contributed by atoms with van der Waals surface area (Å²) in [5.74, 6) is 0.281. The fraction of sp³-hybridized carbons (Fsp3) is 0.455. The number of aliphatic hydroxyl groups is 2. The maximum Gasteiger partial charge on any atom is 0.208 e. The third kappa shape index (κ3) is 1.52. The lowest BCUT2D eigenvalue weighted by Crippen LogP contribution is -2.32. The molecule has 0 spiro atoms. The van der Waals surface area contributed by atoms with Crippen LogP contribution in [0.5, 0.6) is 0 Å². The Morgan fingerprint density at radius 2 is 2.17 bits per heavy atom. The largest absolute Gasteiger partial charge is 0.387 e. The van der Waals surface area contributed by atoms with E-state index >= 15 is 0 Å². The summed E-state index contributed by atoms with van der Waals surface area (Å²) in [5.41, 5.74) is 20.4. The highest BCUT2D eigenvalue weighted by Gasteiger charge is 2.87. The average Bonchev–Trinajstić information content (AvgIpc) is 2.90. The summed E-state index contributed by atoms with van der Waals surface area (Å²) in [6, 6.07) is -1.20. The smallest absolute Gasteiger partial charge is 0.208 e. The molecule has 2 aromatic heterocycles. The van der Waals surface area contributed by atoms with Crippen molar-refractivity contribution >= 4 is 27.4 Å². The van der Waals surface area contributed by atoms with Gasteiger partial charge >= 0.3 is 0 Å². The van der Waals surface area contributed by atoms with Crippen LogP contribution in [0, 0.1) is 0 Å². The Morgan fingerprint density at radius 3 is 2.88 bits per heavy atom. The van der Waals surface area contributed by atoms with Crippen molar-refractivity contribution in [3.63, 3.8) is 0 Å². The minimum Gasteiger partial charge on any atom is -0.387 e. The highest BCUT2D eigenvalue weighted by Crippen LogP contribution is 2.65. The van der Waals surface area contributed by atoms with Crippen molar-refractivity contribution in [2.75, 3.05) is 5.73 Å². The summed E-state index contributed by atoms with van der Waals surface area (Å²) in [6.45, 7) is 0. The Kier molecular flexibility index (Phi) is 2.90. The van der Waals surface area contributed by atoms with Crippen LogP contribution >= 0.6 is 11.3 Å². The summed E-state index contributed by atoms with van der Waals surface area (Å²) >= 11 is 1.26. The van der Waals surface area contributed by atoms with E-state index in [-0.39, 0.29) is 5.82 Å². The zero-order chi connectivity index (χ0) is 17.1. The van der Waals surface area contributed by atoms with Gasteiger partial charge in [0.2, 0.25) is 5.72 Å². The van der Waals surface area contributed by atoms with E-state index in [0.717, 1.165) is 0 Å². The number of nitrogens with zero attached hydrogens (tertiary/aromatic N) is 8. The molecule has 3 heterocycles. The van der Waals surface area contributed by atoms with Crippen molar-refractivity contribution in [2.24, 2.45) is 10.2 Å². The molecule has 5 atom stereocenters. The molecule has 1 aliphatic heterocycles. The molecule has 4 N–H and O–H groups in total. The van der Waals surface area contributed by atoms with Gasteiger partial charge in [-0.15, -0.1) is 11.3 Å². The predicted octanol–water partition coefficient (Wildman–Crippen LogP) is 1.14. The Hall–Kier alpha value is -2.66. The molecule has 2 aliphatic rings. The fourth-order valence-electron chi connectivity index (χ4n) is 3.19. The zero-order valence-corrected chi connectivity index (χ0v) is 12.6. The van der Waals surface area contributed by atoms with E-state index in [9.17, 15) is 10.2 Å². The zero-order valence-electron chi connectivity index (χ0n) is 11.8. The third-order valence-electron chi connectivity index (χ3n) is 4.41. The van der Waals surface area contributed by atoms with Crippen LogP contribution in [0.4, 0.5) is 5.82 Å². The number of azide groups is 2. The molecule has 12 nitrogen and oxygen atoms in total. The van der Waals surface area contributed by atoms with Crippen LogP contribution in [0.15, 0.2) is 21.9 Å². The molecular formula is C11H9N9O3S. The molecule has 1 aliphatic carbocycles. The van der Waals surface area contributed by atoms with E-state index in [1.165, 1.54) is 17.7 Å². The number of thiophene rings is 1. The molecule has 0 amide bonds. The van der Waals surface area contributed by atoms with Crippen molar-refractivity contribution in [1.29, 1.82) is 0 Å². The van der Waals surface area contributed by atoms with Crippen LogP contribution in [0.25, 0.3) is 31.1 Å². The van der Waals surface area contributed by atoms with Crippen LogP contribution in [0.3, 0.4) is 0 Å². The molecule has 0 aromatic carbocycles. The summed E-state index contributed by atoms with van der Waals surface area (Å²) in [7, 11) is 0. The van der Waals surface area contributed by atoms with Gasteiger partial charge in [0.05, 0.1) is 16.3 Å². The van der Waals surface area contributed by atoms with Crippen LogP contribution < -0.4 is 5.73 Å². The SMILES string of the molecule is [N-]=[N+]=NC1[C@H](c2csc3c(N)ncnc23)OC2(N=[N+]=[N-])C(O)[C@]12O. The van der Waals surface area contributed by atoms with E-state index in [1.54, 1.807) is 5.38 Å². The fourth-order valence-corrected chi connectivity index (χ4v) is 4.14. The number of aromatic nitrogens is 2. The molecule has 0 radical (unpaired) electrons. The molecule has 3 unspecified atom stereocenters. The van der Waals surface area contributed by atoms with Crippen molar-refractivity contribution in [2.45, 2.75) is 29.6 Å². The molecule has 122 valence electrons. The lowest BCUT2D eigenvalue weighted by Gasteiger charge is -2.21. The second-order valence-corrected chi connectivity index (χ2v) is 6.31. The topological polar surface area (TPSA) is 199 Å². The maximum atomic E-state index is 10.6. The quantitative estimate of drug-likeness (QED) is 0.422. The normalized spacial score (nSPS) is 36.7. The van der Waals surface area contributed by atoms with Gasteiger partial charge in [0.25, 0.3) is 0 Å². The number of ether oxygens (including phenoxy) is 1. The Labute approximate surface area is 136 Å². The highest BCUT2D eigenvalue weighted by molar-refractivity contribution is 7.17. The minimum atomic E-state index is -2.00. The van der Waals surface area contributed by atoms with E-state index in [0.29, 0.717) is 15.8 Å². The first-order valence-corrected chi connectivity index (χ1v) is 7.55. The first-order valence-electron chi connectivity index (χ1n) is 6.67. The average molecular weight is 347 g/mol. The van der Waals surface area contributed by atoms with Gasteiger partial charge in [-0.05, 0) is 16.4 Å². The van der Waals surface area contributed by atoms with Crippen molar-refractivity contribution in [1.82, 2.24) is 9.97 Å². The number of anilines is 1. The number of aliphatic hydroxyl groups excluding tert-OH is 1. The van der Waals surface area contributed by atoms with Gasteiger partial charge in [0.1, 0.15) is 29.9 Å². The minimum absolute atomic E-state index is 0.281. The number of hydrogen-bond donors (Lipinski definition) is 3. The Balaban J connectivity index is 1.88. The van der Waals surface area contributed by atoms with E-state index in [1.807, 2.05) is 0 Å². The van der Waals surface area contributed by atoms with Crippen LogP contribution in [-0.2, 0) is 4.74 Å². The molecule has 2 fully saturated rings. The molecule has 0 bridgehead atoms. The number of fused-ring (bicyclic) bond motifs is 2. The number of nitrogens with two attached hydrogens (primary N) is 1. The lowest BCUT2D eigenvalue weighted by molar-refractivity contribution is -0.0339. The Morgan fingerprint density at radius 1 is 1.38 bits per heavy atom. The molecular weight excluding hydrogens is 338 g/mol. The standard InChI is InChI=1S/C11H9N9O3S/c12-8-6-4(15-2-16-8)3(1-24-6)5-7(17-19-13)10(22)9(21)11(10,23-5)18-20-14/h1-2,5,7,9,21-22H,(H2,12,15,16)/t5-,7?,9?,10+,11?/m0/s1. The summed E-state index contributed by atoms with van der Waals surface area (Å²) < 4.78 is 6.27. The maximum absolute atomic E-state index is 10.6. The van der Waals surface area contributed by atoms with E-state index < -0.39 is 29.6 Å². The van der Waals surface area contributed by atoms with Gasteiger partial charge in [-0.1, -0.05) is 10.2 Å². The number of hydrogen-bond acceptors (Lipinski definition) is 9. The third-order valence-corrected chi connectivity index (χ3v) is 5.42. The summed E-state index contributed by atoms with van der Waals surface area (Å²) in [5, 5.41) is 29.3. The van der Waals surface area contributed by atoms with Gasteiger partial charge in [-0.3, -0.25) is 0 Å². The van der Waals surface area contributed by atoms with Crippen LogP contribution in [0.2, 0.25) is 0 Å². The van der Waals surface area contributed by atoms with Gasteiger partial charge in [0.15, 0.2) is 0 Å². The Bertz CT molecular complexity index is 951. The van der Waals surface area contributed by atoms with Gasteiger partial charge in [0, 0.05) is 15.4 Å². The summed E-state index contributed by atoms with van der Waals surface area (Å²) in [6.07, 6.45) is -1.17. The second-order valence-electron chi connectivity index (χ2n) is 5.43. The number of nitrogen functional groups attached to an aromatic ring is 1. The molecule has 1 saturated heterocycles. The van der Waals surface area contributed by atoms with Gasteiger partial charge in [-0.25, -0.2) is 9.97 Å². The predicted molar refractivity (Wildman–Crippen MR) is 81.4 cm³/mol. The first-order chi connectivity index (χ1) is 11.5. The first kappa shape index (κ1) is 14.9. The summed E-state index contributed by atoms with van der Waals surface area (Å²) in [4.78, 5) is 13.4. The second kappa shape index (κ2) is 4.68. The highest BCUT2D eigenvalue weighted by atomic mass is 32.1. The lowest BCUT2D eigenvalue weighted by atomic mass is 9.99. The van der Waals surface area contributed by atoms with Gasteiger partial charge < -0.3 is 20.7 Å². The van der Waals surface area contributed by atoms with Crippen LogP contribution in [-0.4, -0.2) is 43.7 Å². The molecule has 4 rings (SSSR count). The van der Waals surface area contributed by atoms with Crippen molar-refractivity contribution < 1.29 is 14.9 Å². The van der Waals surface area contributed by atoms with E-state index in [2.05, 4.69) is 30.0 Å². The molecule has 2 aromatic rings.